The topological polar surface area (TPSA) is 32.3 Å². The second-order valence-corrected chi connectivity index (χ2v) is 6.05. The lowest BCUT2D eigenvalue weighted by molar-refractivity contribution is 0.0511. The van der Waals surface area contributed by atoms with E-state index in [2.05, 4.69) is 19.2 Å². The lowest BCUT2D eigenvalue weighted by atomic mass is 9.93. The van der Waals surface area contributed by atoms with E-state index in [-0.39, 0.29) is 0 Å². The third-order valence-electron chi connectivity index (χ3n) is 2.84. The number of nitrogens with one attached hydrogen (secondary N) is 1. The van der Waals surface area contributed by atoms with Gasteiger partial charge in [-0.15, -0.1) is 0 Å². The molecule has 4 heteroatoms. The smallest absolute Gasteiger partial charge is 0.0673 e. The van der Waals surface area contributed by atoms with E-state index in [1.165, 1.54) is 0 Å². The highest BCUT2D eigenvalue weighted by Gasteiger charge is 2.23. The highest BCUT2D eigenvalue weighted by Crippen LogP contribution is 2.29. The molecule has 1 aromatic rings. The first-order valence-corrected chi connectivity index (χ1v) is 6.96. The summed E-state index contributed by atoms with van der Waals surface area (Å²) in [6.45, 7) is 6.75. The summed E-state index contributed by atoms with van der Waals surface area (Å²) in [5, 5.41) is 14.9. The Labute approximate surface area is 119 Å². The molecule has 0 fully saturated rings. The third-order valence-corrected chi connectivity index (χ3v) is 3.54. The Balaban J connectivity index is 2.64. The molecule has 0 aliphatic rings. The van der Waals surface area contributed by atoms with Crippen LogP contribution in [0.25, 0.3) is 0 Å². The van der Waals surface area contributed by atoms with Gasteiger partial charge in [0.25, 0.3) is 0 Å². The van der Waals surface area contributed by atoms with Crippen molar-refractivity contribution in [3.63, 3.8) is 0 Å². The fourth-order valence-electron chi connectivity index (χ4n) is 1.80. The van der Waals surface area contributed by atoms with Gasteiger partial charge in [-0.2, -0.15) is 0 Å². The minimum Gasteiger partial charge on any atom is -0.390 e. The third kappa shape index (κ3) is 5.15. The maximum Gasteiger partial charge on any atom is 0.0673 e. The molecule has 1 rings (SSSR count). The maximum atomic E-state index is 10.4. The molecule has 102 valence electrons. The van der Waals surface area contributed by atoms with Gasteiger partial charge in [-0.25, -0.2) is 0 Å². The molecule has 0 aromatic heterocycles. The van der Waals surface area contributed by atoms with E-state index in [4.69, 9.17) is 23.2 Å². The second kappa shape index (κ2) is 6.76. The lowest BCUT2D eigenvalue weighted by Gasteiger charge is -2.25. The van der Waals surface area contributed by atoms with Crippen LogP contribution < -0.4 is 5.32 Å². The van der Waals surface area contributed by atoms with E-state index in [1.54, 1.807) is 12.1 Å². The molecule has 2 N–H and O–H groups in total. The molecular weight excluding hydrogens is 269 g/mol. The van der Waals surface area contributed by atoms with Gasteiger partial charge < -0.3 is 10.4 Å². The molecule has 0 spiro atoms. The van der Waals surface area contributed by atoms with Crippen molar-refractivity contribution >= 4 is 23.2 Å². The van der Waals surface area contributed by atoms with Crippen molar-refractivity contribution in [1.29, 1.82) is 0 Å². The van der Waals surface area contributed by atoms with Crippen LogP contribution in [0.1, 0.15) is 32.8 Å². The fraction of sp³-hybridized carbons (Fsp3) is 0.571. The van der Waals surface area contributed by atoms with Crippen molar-refractivity contribution in [2.75, 3.05) is 6.54 Å². The summed E-state index contributed by atoms with van der Waals surface area (Å²) in [6, 6.07) is 5.82. The number of rotatable bonds is 6. The summed E-state index contributed by atoms with van der Waals surface area (Å²) >= 11 is 12.2. The normalized spacial score (nSPS) is 14.8. The summed E-state index contributed by atoms with van der Waals surface area (Å²) in [7, 11) is 0. The van der Waals surface area contributed by atoms with E-state index >= 15 is 0 Å². The van der Waals surface area contributed by atoms with Gasteiger partial charge in [0.05, 0.1) is 5.60 Å². The zero-order chi connectivity index (χ0) is 13.8. The minimum absolute atomic E-state index is 0.421. The molecule has 0 saturated heterocycles. The predicted molar refractivity (Wildman–Crippen MR) is 78.5 cm³/mol. The SMILES string of the molecule is CC(C)NCCC(C)(O)Cc1c(Cl)cccc1Cl. The van der Waals surface area contributed by atoms with Gasteiger partial charge in [-0.1, -0.05) is 43.1 Å². The molecule has 0 saturated carbocycles. The summed E-state index contributed by atoms with van der Waals surface area (Å²) in [6.07, 6.45) is 1.12. The molecule has 18 heavy (non-hydrogen) atoms. The van der Waals surface area contributed by atoms with Crippen LogP contribution in [0.3, 0.4) is 0 Å². The number of aliphatic hydroxyl groups is 1. The second-order valence-electron chi connectivity index (χ2n) is 5.23. The number of benzene rings is 1. The summed E-state index contributed by atoms with van der Waals surface area (Å²) in [4.78, 5) is 0. The van der Waals surface area contributed by atoms with Crippen molar-refractivity contribution in [3.8, 4) is 0 Å². The van der Waals surface area contributed by atoms with Gasteiger partial charge in [-0.3, -0.25) is 0 Å². The molecule has 0 radical (unpaired) electrons. The zero-order valence-corrected chi connectivity index (χ0v) is 12.6. The van der Waals surface area contributed by atoms with Gasteiger partial charge in [0.2, 0.25) is 0 Å². The molecule has 0 amide bonds. The van der Waals surface area contributed by atoms with E-state index in [0.717, 1.165) is 12.1 Å². The Kier molecular flexibility index (Phi) is 5.93. The van der Waals surface area contributed by atoms with Gasteiger partial charge >= 0.3 is 0 Å². The van der Waals surface area contributed by atoms with Crippen molar-refractivity contribution in [1.82, 2.24) is 5.32 Å². The monoisotopic (exact) mass is 289 g/mol. The zero-order valence-electron chi connectivity index (χ0n) is 11.1. The first kappa shape index (κ1) is 15.8. The molecule has 0 aliphatic heterocycles. The highest BCUT2D eigenvalue weighted by molar-refractivity contribution is 6.36. The summed E-state index contributed by atoms with van der Waals surface area (Å²) < 4.78 is 0. The quantitative estimate of drug-likeness (QED) is 0.837. The van der Waals surface area contributed by atoms with Gasteiger partial charge in [0.1, 0.15) is 0 Å². The molecule has 0 heterocycles. The highest BCUT2D eigenvalue weighted by atomic mass is 35.5. The van der Waals surface area contributed by atoms with Crippen molar-refractivity contribution in [2.45, 2.75) is 45.3 Å². The molecule has 1 unspecified atom stereocenters. The van der Waals surface area contributed by atoms with Crippen molar-refractivity contribution in [3.05, 3.63) is 33.8 Å². The molecular formula is C14H21Cl2NO. The van der Waals surface area contributed by atoms with Crippen LogP contribution in [0.4, 0.5) is 0 Å². The standard InChI is InChI=1S/C14H21Cl2NO/c1-10(2)17-8-7-14(3,18)9-11-12(15)5-4-6-13(11)16/h4-6,10,17-18H,7-9H2,1-3H3. The largest absolute Gasteiger partial charge is 0.390 e. The summed E-state index contributed by atoms with van der Waals surface area (Å²) in [5.74, 6) is 0. The lowest BCUT2D eigenvalue weighted by Crippen LogP contribution is -2.34. The molecule has 1 atom stereocenters. The van der Waals surface area contributed by atoms with Crippen LogP contribution in [-0.4, -0.2) is 23.3 Å². The first-order chi connectivity index (χ1) is 8.32. The molecule has 2 nitrogen and oxygen atoms in total. The van der Waals surface area contributed by atoms with E-state index in [1.807, 2.05) is 13.0 Å². The van der Waals surface area contributed by atoms with E-state index in [0.29, 0.717) is 28.9 Å². The maximum absolute atomic E-state index is 10.4. The van der Waals surface area contributed by atoms with Crippen LogP contribution in [0.15, 0.2) is 18.2 Å². The van der Waals surface area contributed by atoms with E-state index < -0.39 is 5.60 Å². The van der Waals surface area contributed by atoms with Gasteiger partial charge in [-0.05, 0) is 37.6 Å². The summed E-state index contributed by atoms with van der Waals surface area (Å²) in [5.41, 5.74) is 0.00616. The Morgan fingerprint density at radius 3 is 2.33 bits per heavy atom. The Morgan fingerprint density at radius 2 is 1.83 bits per heavy atom. The Hall–Kier alpha value is -0.280. The number of halogens is 2. The average molecular weight is 290 g/mol. The predicted octanol–water partition coefficient (Wildman–Crippen LogP) is 3.68. The van der Waals surface area contributed by atoms with Crippen LogP contribution in [0.5, 0.6) is 0 Å². The van der Waals surface area contributed by atoms with Crippen molar-refractivity contribution in [2.24, 2.45) is 0 Å². The number of hydrogen-bond acceptors (Lipinski definition) is 2. The van der Waals surface area contributed by atoms with Crippen LogP contribution in [0, 0.1) is 0 Å². The van der Waals surface area contributed by atoms with Gasteiger partial charge in [0.15, 0.2) is 0 Å². The first-order valence-electron chi connectivity index (χ1n) is 6.20. The Bertz CT molecular complexity index is 371. The van der Waals surface area contributed by atoms with Crippen molar-refractivity contribution < 1.29 is 5.11 Å². The molecule has 0 aliphatic carbocycles. The average Bonchev–Trinajstić information content (AvgIpc) is 2.23. The van der Waals surface area contributed by atoms with Gasteiger partial charge in [0, 0.05) is 22.5 Å². The molecule has 1 aromatic carbocycles. The molecule has 0 bridgehead atoms. The Morgan fingerprint density at radius 1 is 1.28 bits per heavy atom. The van der Waals surface area contributed by atoms with E-state index in [9.17, 15) is 5.11 Å². The number of hydrogen-bond donors (Lipinski definition) is 2. The van der Waals surface area contributed by atoms with Crippen LogP contribution in [-0.2, 0) is 6.42 Å². The fourth-order valence-corrected chi connectivity index (χ4v) is 2.33. The van der Waals surface area contributed by atoms with Crippen LogP contribution >= 0.6 is 23.2 Å². The minimum atomic E-state index is -0.809. The van der Waals surface area contributed by atoms with Crippen LogP contribution in [0.2, 0.25) is 10.0 Å².